The average molecular weight is 184 g/mol. The Morgan fingerprint density at radius 2 is 2.09 bits per heavy atom. The van der Waals surface area contributed by atoms with Gasteiger partial charge in [-0.2, -0.15) is 8.42 Å². The van der Waals surface area contributed by atoms with Gasteiger partial charge in [-0.05, 0) is 0 Å². The molecule has 0 fully saturated rings. The zero-order valence-electron chi connectivity index (χ0n) is 5.82. The standard InChI is InChI=1S/C5H9FO4S/c1-2-3-9-4-10-5-11(6,7)8/h2H,1,3-5H2. The van der Waals surface area contributed by atoms with Crippen LogP contribution in [0.5, 0.6) is 0 Å². The number of hydrogen-bond donors (Lipinski definition) is 0. The number of hydrogen-bond acceptors (Lipinski definition) is 4. The highest BCUT2D eigenvalue weighted by atomic mass is 32.3. The maximum absolute atomic E-state index is 11.7. The number of halogens is 1. The van der Waals surface area contributed by atoms with E-state index in [0.29, 0.717) is 0 Å². The Kier molecular flexibility index (Phi) is 5.01. The van der Waals surface area contributed by atoms with Gasteiger partial charge in [-0.3, -0.25) is 0 Å². The maximum atomic E-state index is 11.7. The SMILES string of the molecule is C=CCOCOCS(=O)(=O)F. The van der Waals surface area contributed by atoms with Gasteiger partial charge in [0.1, 0.15) is 6.79 Å². The van der Waals surface area contributed by atoms with Crippen molar-refractivity contribution in [2.24, 2.45) is 0 Å². The third kappa shape index (κ3) is 9.54. The molecule has 0 atom stereocenters. The lowest BCUT2D eigenvalue weighted by atomic mass is 10.7. The van der Waals surface area contributed by atoms with E-state index in [1.54, 1.807) is 0 Å². The molecule has 0 aromatic rings. The molecule has 11 heavy (non-hydrogen) atoms. The Morgan fingerprint density at radius 1 is 1.45 bits per heavy atom. The summed E-state index contributed by atoms with van der Waals surface area (Å²) < 4.78 is 40.1. The molecule has 4 nitrogen and oxygen atoms in total. The monoisotopic (exact) mass is 184 g/mol. The smallest absolute Gasteiger partial charge is 0.326 e. The lowest BCUT2D eigenvalue weighted by Gasteiger charge is -1.99. The molecule has 0 N–H and O–H groups in total. The van der Waals surface area contributed by atoms with E-state index in [-0.39, 0.29) is 13.4 Å². The molecule has 0 aliphatic heterocycles. The average Bonchev–Trinajstić information content (AvgIpc) is 1.85. The molecule has 0 aromatic carbocycles. The van der Waals surface area contributed by atoms with E-state index >= 15 is 0 Å². The molecule has 66 valence electrons. The van der Waals surface area contributed by atoms with Gasteiger partial charge < -0.3 is 9.47 Å². The van der Waals surface area contributed by atoms with Crippen molar-refractivity contribution in [3.05, 3.63) is 12.7 Å². The van der Waals surface area contributed by atoms with Crippen LogP contribution in [0.25, 0.3) is 0 Å². The van der Waals surface area contributed by atoms with Crippen molar-refractivity contribution in [3.8, 4) is 0 Å². The second-order valence-electron chi connectivity index (χ2n) is 1.64. The fraction of sp³-hybridized carbons (Fsp3) is 0.600. The van der Waals surface area contributed by atoms with E-state index in [9.17, 15) is 12.3 Å². The highest BCUT2D eigenvalue weighted by molar-refractivity contribution is 7.86. The van der Waals surface area contributed by atoms with Gasteiger partial charge in [-0.25, -0.2) is 0 Å². The van der Waals surface area contributed by atoms with E-state index in [1.165, 1.54) is 6.08 Å². The van der Waals surface area contributed by atoms with E-state index < -0.39 is 16.2 Å². The fourth-order valence-corrected chi connectivity index (χ4v) is 0.591. The molecule has 0 bridgehead atoms. The zero-order valence-corrected chi connectivity index (χ0v) is 6.64. The molecule has 0 aliphatic rings. The minimum Gasteiger partial charge on any atom is -0.351 e. The molecule has 0 aliphatic carbocycles. The van der Waals surface area contributed by atoms with Crippen LogP contribution in [0.3, 0.4) is 0 Å². The topological polar surface area (TPSA) is 52.6 Å². The predicted molar refractivity (Wildman–Crippen MR) is 37.0 cm³/mol. The van der Waals surface area contributed by atoms with E-state index in [0.717, 1.165) is 0 Å². The summed E-state index contributed by atoms with van der Waals surface area (Å²) in [5, 5.41) is 0. The summed E-state index contributed by atoms with van der Waals surface area (Å²) in [5.41, 5.74) is 0. The third-order valence-corrected chi connectivity index (χ3v) is 1.07. The quantitative estimate of drug-likeness (QED) is 0.260. The first-order chi connectivity index (χ1) is 5.06. The molecule has 0 rings (SSSR count). The van der Waals surface area contributed by atoms with Crippen LogP contribution < -0.4 is 0 Å². The van der Waals surface area contributed by atoms with Crippen LogP contribution in [0, 0.1) is 0 Å². The van der Waals surface area contributed by atoms with E-state index in [1.807, 2.05) is 0 Å². The lowest BCUT2D eigenvalue weighted by Crippen LogP contribution is -2.06. The second kappa shape index (κ2) is 5.22. The molecule has 0 saturated heterocycles. The summed E-state index contributed by atoms with van der Waals surface area (Å²) in [6.45, 7) is 3.32. The summed E-state index contributed by atoms with van der Waals surface area (Å²) in [6.07, 6.45) is 1.47. The Hall–Kier alpha value is -0.460. The zero-order chi connectivity index (χ0) is 8.74. The Morgan fingerprint density at radius 3 is 2.55 bits per heavy atom. The van der Waals surface area contributed by atoms with Crippen molar-refractivity contribution in [1.82, 2.24) is 0 Å². The Labute approximate surface area is 64.8 Å². The normalized spacial score (nSPS) is 11.4. The molecule has 0 radical (unpaired) electrons. The molecule has 0 heterocycles. The van der Waals surface area contributed by atoms with Gasteiger partial charge in [0.05, 0.1) is 6.61 Å². The van der Waals surface area contributed by atoms with Gasteiger partial charge in [-0.15, -0.1) is 10.5 Å². The van der Waals surface area contributed by atoms with Gasteiger partial charge in [0, 0.05) is 0 Å². The van der Waals surface area contributed by atoms with Gasteiger partial charge in [0.15, 0.2) is 5.94 Å². The molecule has 0 aromatic heterocycles. The summed E-state index contributed by atoms with van der Waals surface area (Å²) in [6, 6.07) is 0. The molecule has 0 amide bonds. The van der Waals surface area contributed by atoms with Crippen molar-refractivity contribution in [2.45, 2.75) is 0 Å². The number of ether oxygens (including phenoxy) is 2. The minimum atomic E-state index is -4.54. The second-order valence-corrected chi connectivity index (χ2v) is 2.95. The molecular weight excluding hydrogens is 175 g/mol. The van der Waals surface area contributed by atoms with Crippen LogP contribution in [0.15, 0.2) is 12.7 Å². The van der Waals surface area contributed by atoms with Crippen LogP contribution in [-0.4, -0.2) is 27.8 Å². The van der Waals surface area contributed by atoms with Crippen LogP contribution in [0.4, 0.5) is 3.89 Å². The first-order valence-corrected chi connectivity index (χ1v) is 4.30. The van der Waals surface area contributed by atoms with Gasteiger partial charge >= 0.3 is 10.2 Å². The summed E-state index contributed by atoms with van der Waals surface area (Å²) in [5.74, 6) is -0.968. The summed E-state index contributed by atoms with van der Waals surface area (Å²) in [7, 11) is -4.54. The van der Waals surface area contributed by atoms with Crippen LogP contribution >= 0.6 is 0 Å². The van der Waals surface area contributed by atoms with E-state index in [2.05, 4.69) is 16.1 Å². The first-order valence-electron chi connectivity index (χ1n) is 2.75. The molecule has 0 saturated carbocycles. The summed E-state index contributed by atoms with van der Waals surface area (Å²) in [4.78, 5) is 0. The van der Waals surface area contributed by atoms with Crippen LogP contribution in [0.1, 0.15) is 0 Å². The lowest BCUT2D eigenvalue weighted by molar-refractivity contribution is -0.0275. The van der Waals surface area contributed by atoms with Crippen LogP contribution in [0.2, 0.25) is 0 Å². The molecule has 0 unspecified atom stereocenters. The van der Waals surface area contributed by atoms with Crippen LogP contribution in [-0.2, 0) is 19.7 Å². The Balaban J connectivity index is 3.22. The third-order valence-electron chi connectivity index (χ3n) is 0.626. The Bertz CT molecular complexity index is 199. The van der Waals surface area contributed by atoms with Gasteiger partial charge in [-0.1, -0.05) is 6.08 Å². The highest BCUT2D eigenvalue weighted by Gasteiger charge is 2.05. The van der Waals surface area contributed by atoms with Crippen molar-refractivity contribution in [3.63, 3.8) is 0 Å². The summed E-state index contributed by atoms with van der Waals surface area (Å²) >= 11 is 0. The molecule has 0 spiro atoms. The number of rotatable bonds is 6. The molecular formula is C5H9FO4S. The highest BCUT2D eigenvalue weighted by Crippen LogP contribution is 1.91. The van der Waals surface area contributed by atoms with Crippen molar-refractivity contribution >= 4 is 10.2 Å². The minimum absolute atomic E-state index is 0.242. The largest absolute Gasteiger partial charge is 0.351 e. The van der Waals surface area contributed by atoms with Crippen molar-refractivity contribution in [2.75, 3.05) is 19.3 Å². The maximum Gasteiger partial charge on any atom is 0.326 e. The van der Waals surface area contributed by atoms with Crippen molar-refractivity contribution < 1.29 is 21.8 Å². The van der Waals surface area contributed by atoms with Gasteiger partial charge in [0.2, 0.25) is 0 Å². The van der Waals surface area contributed by atoms with E-state index in [4.69, 9.17) is 0 Å². The molecule has 6 heteroatoms. The first kappa shape index (κ1) is 10.5. The predicted octanol–water partition coefficient (Wildman–Crippen LogP) is 0.420. The van der Waals surface area contributed by atoms with Gasteiger partial charge in [0.25, 0.3) is 0 Å². The fourth-order valence-electron chi connectivity index (χ4n) is 0.324. The van der Waals surface area contributed by atoms with Crippen molar-refractivity contribution in [1.29, 1.82) is 0 Å².